The van der Waals surface area contributed by atoms with E-state index in [0.29, 0.717) is 5.69 Å². The van der Waals surface area contributed by atoms with Crippen molar-refractivity contribution in [1.82, 2.24) is 4.98 Å². The molecule has 2 aromatic rings. The molecule has 21 heavy (non-hydrogen) atoms. The van der Waals surface area contributed by atoms with Crippen LogP contribution in [0.1, 0.15) is 20.8 Å². The van der Waals surface area contributed by atoms with Gasteiger partial charge in [-0.2, -0.15) is 0 Å². The Kier molecular flexibility index (Phi) is 7.10. The van der Waals surface area contributed by atoms with Gasteiger partial charge in [-0.1, -0.05) is 39.0 Å². The molecule has 1 heterocycles. The summed E-state index contributed by atoms with van der Waals surface area (Å²) in [4.78, 5) is 16.3. The molecule has 116 valence electrons. The molecule has 3 N–H and O–H groups in total. The molecule has 6 heteroatoms. The van der Waals surface area contributed by atoms with E-state index in [1.807, 2.05) is 51.1 Å². The predicted octanol–water partition coefficient (Wildman–Crippen LogP) is 3.39. The van der Waals surface area contributed by atoms with Crippen molar-refractivity contribution in [2.75, 3.05) is 5.32 Å². The van der Waals surface area contributed by atoms with Crippen LogP contribution in [0.15, 0.2) is 36.5 Å². The van der Waals surface area contributed by atoms with Crippen LogP contribution in [0.5, 0.6) is 0 Å². The Balaban J connectivity index is 0.00000200. The molecule has 1 amide bonds. The number of benzene rings is 1. The molecule has 0 unspecified atom stereocenters. The Hall–Kier alpha value is -1.36. The maximum atomic E-state index is 12.0. The van der Waals surface area contributed by atoms with Gasteiger partial charge in [-0.3, -0.25) is 9.78 Å². The van der Waals surface area contributed by atoms with E-state index >= 15 is 0 Å². The van der Waals surface area contributed by atoms with E-state index in [1.165, 1.54) is 0 Å². The minimum absolute atomic E-state index is 0. The third kappa shape index (κ3) is 4.84. The topological polar surface area (TPSA) is 68.0 Å². The lowest BCUT2D eigenvalue weighted by atomic mass is 9.87. The fourth-order valence-corrected chi connectivity index (χ4v) is 1.75. The first kappa shape index (κ1) is 19.6. The molecular weight excluding hydrogens is 309 g/mol. The molecule has 1 aromatic heterocycles. The molecule has 0 aliphatic rings. The highest BCUT2D eigenvalue weighted by atomic mass is 35.5. The Morgan fingerprint density at radius 1 is 1.24 bits per heavy atom. The summed E-state index contributed by atoms with van der Waals surface area (Å²) < 4.78 is 0. The van der Waals surface area contributed by atoms with Crippen LogP contribution in [0, 0.1) is 5.41 Å². The maximum absolute atomic E-state index is 12.0. The van der Waals surface area contributed by atoms with Crippen LogP contribution in [-0.2, 0) is 4.79 Å². The molecule has 0 saturated heterocycles. The quantitative estimate of drug-likeness (QED) is 0.887. The van der Waals surface area contributed by atoms with Gasteiger partial charge in [-0.15, -0.1) is 24.8 Å². The Morgan fingerprint density at radius 2 is 1.86 bits per heavy atom. The van der Waals surface area contributed by atoms with Gasteiger partial charge in [0.1, 0.15) is 0 Å². The van der Waals surface area contributed by atoms with Crippen molar-refractivity contribution in [3.8, 4) is 0 Å². The Labute approximate surface area is 137 Å². The van der Waals surface area contributed by atoms with Crippen molar-refractivity contribution < 1.29 is 4.79 Å². The lowest BCUT2D eigenvalue weighted by molar-refractivity contribution is -0.119. The van der Waals surface area contributed by atoms with E-state index in [0.717, 1.165) is 10.9 Å². The number of nitrogens with zero attached hydrogens (tertiary/aromatic N) is 1. The Morgan fingerprint density at radius 3 is 2.48 bits per heavy atom. The number of rotatable bonds is 2. The number of hydrogen-bond donors (Lipinski definition) is 2. The van der Waals surface area contributed by atoms with E-state index in [2.05, 4.69) is 10.3 Å². The zero-order chi connectivity index (χ0) is 14.0. The second-order valence-electron chi connectivity index (χ2n) is 5.75. The number of halogens is 2. The summed E-state index contributed by atoms with van der Waals surface area (Å²) in [6.07, 6.45) is 1.65. The van der Waals surface area contributed by atoms with Gasteiger partial charge in [0.15, 0.2) is 0 Å². The third-order valence-corrected chi connectivity index (χ3v) is 3.07. The number of fused-ring (bicyclic) bond motifs is 1. The molecule has 0 spiro atoms. The SMILES string of the molecule is CC(C)(C)[C@H](N)C(=O)Nc1cnc2ccccc2c1.Cl.Cl. The number of aromatic nitrogens is 1. The monoisotopic (exact) mass is 329 g/mol. The summed E-state index contributed by atoms with van der Waals surface area (Å²) in [7, 11) is 0. The number of nitrogens with two attached hydrogens (primary N) is 1. The molecule has 2 rings (SSSR count). The van der Waals surface area contributed by atoms with E-state index in [9.17, 15) is 4.79 Å². The zero-order valence-corrected chi connectivity index (χ0v) is 13.9. The number of carbonyl (C=O) groups excluding carboxylic acids is 1. The fourth-order valence-electron chi connectivity index (χ4n) is 1.75. The number of anilines is 1. The number of pyridine rings is 1. The van der Waals surface area contributed by atoms with Gasteiger partial charge >= 0.3 is 0 Å². The van der Waals surface area contributed by atoms with Crippen molar-refractivity contribution in [2.24, 2.45) is 11.1 Å². The number of carbonyl (C=O) groups is 1. The highest BCUT2D eigenvalue weighted by Crippen LogP contribution is 2.20. The molecule has 0 bridgehead atoms. The summed E-state index contributed by atoms with van der Waals surface area (Å²) in [5.41, 5.74) is 7.23. The first-order chi connectivity index (χ1) is 8.88. The molecule has 0 aliphatic carbocycles. The van der Waals surface area contributed by atoms with Gasteiger partial charge in [0, 0.05) is 5.39 Å². The number of hydrogen-bond acceptors (Lipinski definition) is 3. The average molecular weight is 330 g/mol. The van der Waals surface area contributed by atoms with Crippen molar-refractivity contribution >= 4 is 47.3 Å². The minimum Gasteiger partial charge on any atom is -0.323 e. The summed E-state index contributed by atoms with van der Waals surface area (Å²) >= 11 is 0. The largest absolute Gasteiger partial charge is 0.323 e. The van der Waals surface area contributed by atoms with Crippen molar-refractivity contribution in [2.45, 2.75) is 26.8 Å². The first-order valence-corrected chi connectivity index (χ1v) is 6.29. The van der Waals surface area contributed by atoms with Gasteiger partial charge in [0.05, 0.1) is 23.4 Å². The molecule has 0 fully saturated rings. The van der Waals surface area contributed by atoms with Crippen LogP contribution in [0.2, 0.25) is 0 Å². The van der Waals surface area contributed by atoms with Crippen LogP contribution >= 0.6 is 24.8 Å². The third-order valence-electron chi connectivity index (χ3n) is 3.07. The van der Waals surface area contributed by atoms with Crippen molar-refractivity contribution in [1.29, 1.82) is 0 Å². The van der Waals surface area contributed by atoms with Crippen molar-refractivity contribution in [3.63, 3.8) is 0 Å². The summed E-state index contributed by atoms with van der Waals surface area (Å²) in [5.74, 6) is -0.190. The average Bonchev–Trinajstić information content (AvgIpc) is 2.36. The van der Waals surface area contributed by atoms with E-state index in [1.54, 1.807) is 6.20 Å². The van der Waals surface area contributed by atoms with E-state index in [-0.39, 0.29) is 36.1 Å². The number of nitrogens with one attached hydrogen (secondary N) is 1. The van der Waals surface area contributed by atoms with Crippen LogP contribution in [-0.4, -0.2) is 16.9 Å². The van der Waals surface area contributed by atoms with Crippen LogP contribution in [0.3, 0.4) is 0 Å². The van der Waals surface area contributed by atoms with Gasteiger partial charge in [-0.25, -0.2) is 0 Å². The molecule has 0 saturated carbocycles. The summed E-state index contributed by atoms with van der Waals surface area (Å²) in [5, 5.41) is 3.80. The number of para-hydroxylation sites is 1. The highest BCUT2D eigenvalue weighted by Gasteiger charge is 2.27. The van der Waals surface area contributed by atoms with Crippen molar-refractivity contribution in [3.05, 3.63) is 36.5 Å². The fraction of sp³-hybridized carbons (Fsp3) is 0.333. The summed E-state index contributed by atoms with van der Waals surface area (Å²) in [6.45, 7) is 5.82. The lowest BCUT2D eigenvalue weighted by Crippen LogP contribution is -2.45. The normalized spacial score (nSPS) is 12.0. The standard InChI is InChI=1S/C15H19N3O.2ClH/c1-15(2,3)13(16)14(19)18-11-8-10-6-4-5-7-12(10)17-9-11;;/h4-9,13H,16H2,1-3H3,(H,18,19);2*1H/t13-;;/m1../s1. The second kappa shape index (κ2) is 7.59. The predicted molar refractivity (Wildman–Crippen MR) is 92.3 cm³/mol. The molecule has 0 radical (unpaired) electrons. The van der Waals surface area contributed by atoms with Crippen LogP contribution < -0.4 is 11.1 Å². The van der Waals surface area contributed by atoms with Gasteiger partial charge in [0.2, 0.25) is 5.91 Å². The van der Waals surface area contributed by atoms with Gasteiger partial charge in [0.25, 0.3) is 0 Å². The van der Waals surface area contributed by atoms with E-state index in [4.69, 9.17) is 5.73 Å². The molecule has 1 atom stereocenters. The van der Waals surface area contributed by atoms with Crippen LogP contribution in [0.4, 0.5) is 5.69 Å². The zero-order valence-electron chi connectivity index (χ0n) is 12.3. The first-order valence-electron chi connectivity index (χ1n) is 6.29. The van der Waals surface area contributed by atoms with Gasteiger partial charge < -0.3 is 11.1 Å². The molecule has 1 aromatic carbocycles. The van der Waals surface area contributed by atoms with Gasteiger partial charge in [-0.05, 0) is 17.5 Å². The molecule has 0 aliphatic heterocycles. The molecular formula is C15H21Cl2N3O. The number of amides is 1. The Bertz CT molecular complexity index is 611. The lowest BCUT2D eigenvalue weighted by Gasteiger charge is -2.25. The van der Waals surface area contributed by atoms with Crippen LogP contribution in [0.25, 0.3) is 10.9 Å². The smallest absolute Gasteiger partial charge is 0.241 e. The van der Waals surface area contributed by atoms with E-state index < -0.39 is 6.04 Å². The molecule has 4 nitrogen and oxygen atoms in total. The summed E-state index contributed by atoms with van der Waals surface area (Å²) in [6, 6.07) is 9.11. The maximum Gasteiger partial charge on any atom is 0.241 e. The second-order valence-corrected chi connectivity index (χ2v) is 5.75. The highest BCUT2D eigenvalue weighted by molar-refractivity contribution is 5.96. The minimum atomic E-state index is -0.557.